The fourth-order valence-electron chi connectivity index (χ4n) is 1.81. The van der Waals surface area contributed by atoms with Crippen LogP contribution in [0.1, 0.15) is 24.5 Å². The standard InChI is InChI=1S/C14H16FN3O3/c1-2-18(14(21)12(17)6-13(19)20)8-10-4-3-9(7-16)5-11(10)15/h3-5,12H,2,6,8,17H2,1H3,(H,19,20). The molecule has 1 aromatic rings. The van der Waals surface area contributed by atoms with Crippen molar-refractivity contribution in [2.75, 3.05) is 6.54 Å². The molecule has 21 heavy (non-hydrogen) atoms. The van der Waals surface area contributed by atoms with Gasteiger partial charge < -0.3 is 15.7 Å². The van der Waals surface area contributed by atoms with Gasteiger partial charge in [0.2, 0.25) is 5.91 Å². The summed E-state index contributed by atoms with van der Waals surface area (Å²) in [5.74, 6) is -2.31. The number of nitrogens with zero attached hydrogens (tertiary/aromatic N) is 2. The number of amides is 1. The molecule has 0 spiro atoms. The predicted molar refractivity (Wildman–Crippen MR) is 72.4 cm³/mol. The van der Waals surface area contributed by atoms with E-state index >= 15 is 0 Å². The number of hydrogen-bond acceptors (Lipinski definition) is 4. The molecule has 1 amide bonds. The predicted octanol–water partition coefficient (Wildman–Crippen LogP) is 0.848. The highest BCUT2D eigenvalue weighted by Gasteiger charge is 2.23. The van der Waals surface area contributed by atoms with Crippen LogP contribution < -0.4 is 5.73 Å². The molecule has 1 atom stereocenters. The lowest BCUT2D eigenvalue weighted by atomic mass is 10.1. The number of carboxylic acids is 1. The molecule has 1 aromatic carbocycles. The van der Waals surface area contributed by atoms with Crippen LogP contribution in [0, 0.1) is 17.1 Å². The quantitative estimate of drug-likeness (QED) is 0.808. The summed E-state index contributed by atoms with van der Waals surface area (Å²) in [6, 6.07) is 4.62. The van der Waals surface area contributed by atoms with Gasteiger partial charge in [-0.25, -0.2) is 4.39 Å². The summed E-state index contributed by atoms with van der Waals surface area (Å²) in [4.78, 5) is 23.9. The first-order valence-electron chi connectivity index (χ1n) is 6.33. The molecule has 0 aliphatic rings. The molecule has 0 radical (unpaired) electrons. The molecule has 0 heterocycles. The number of nitriles is 1. The van der Waals surface area contributed by atoms with Gasteiger partial charge in [-0.1, -0.05) is 6.07 Å². The maximum absolute atomic E-state index is 13.8. The first-order valence-corrected chi connectivity index (χ1v) is 6.33. The third-order valence-corrected chi connectivity index (χ3v) is 2.95. The van der Waals surface area contributed by atoms with Gasteiger partial charge in [-0.05, 0) is 19.1 Å². The second-order valence-electron chi connectivity index (χ2n) is 4.47. The van der Waals surface area contributed by atoms with Crippen LogP contribution in [0.25, 0.3) is 0 Å². The van der Waals surface area contributed by atoms with Crippen molar-refractivity contribution in [1.82, 2.24) is 4.90 Å². The van der Waals surface area contributed by atoms with Crippen LogP contribution >= 0.6 is 0 Å². The molecule has 0 saturated heterocycles. The monoisotopic (exact) mass is 293 g/mol. The van der Waals surface area contributed by atoms with E-state index in [1.54, 1.807) is 6.92 Å². The Morgan fingerprint density at radius 1 is 1.52 bits per heavy atom. The zero-order valence-electron chi connectivity index (χ0n) is 11.5. The molecule has 3 N–H and O–H groups in total. The number of likely N-dealkylation sites (N-methyl/N-ethyl adjacent to an activating group) is 1. The van der Waals surface area contributed by atoms with Crippen molar-refractivity contribution in [3.05, 3.63) is 35.1 Å². The molecule has 112 valence electrons. The van der Waals surface area contributed by atoms with Gasteiger partial charge in [0.25, 0.3) is 0 Å². The highest BCUT2D eigenvalue weighted by Crippen LogP contribution is 2.13. The van der Waals surface area contributed by atoms with Gasteiger partial charge in [0.05, 0.1) is 24.1 Å². The van der Waals surface area contributed by atoms with E-state index in [0.717, 1.165) is 6.07 Å². The molecular weight excluding hydrogens is 277 g/mol. The van der Waals surface area contributed by atoms with Crippen LogP contribution in [0.15, 0.2) is 18.2 Å². The summed E-state index contributed by atoms with van der Waals surface area (Å²) < 4.78 is 13.8. The minimum Gasteiger partial charge on any atom is -0.481 e. The normalized spacial score (nSPS) is 11.5. The zero-order chi connectivity index (χ0) is 16.0. The minimum absolute atomic E-state index is 0.0276. The van der Waals surface area contributed by atoms with Gasteiger partial charge in [0.1, 0.15) is 5.82 Å². The lowest BCUT2D eigenvalue weighted by Crippen LogP contribution is -2.44. The Labute approximate surface area is 121 Å². The van der Waals surface area contributed by atoms with E-state index in [1.807, 2.05) is 6.07 Å². The number of hydrogen-bond donors (Lipinski definition) is 2. The molecular formula is C14H16FN3O3. The van der Waals surface area contributed by atoms with Crippen molar-refractivity contribution in [1.29, 1.82) is 5.26 Å². The molecule has 1 unspecified atom stereocenters. The van der Waals surface area contributed by atoms with Gasteiger partial charge in [0.15, 0.2) is 0 Å². The van der Waals surface area contributed by atoms with Crippen LogP contribution in [0.3, 0.4) is 0 Å². The number of carbonyl (C=O) groups excluding carboxylic acids is 1. The van der Waals surface area contributed by atoms with Crippen LogP contribution in [0.4, 0.5) is 4.39 Å². The van der Waals surface area contributed by atoms with E-state index in [9.17, 15) is 14.0 Å². The molecule has 0 saturated carbocycles. The van der Waals surface area contributed by atoms with Gasteiger partial charge in [-0.15, -0.1) is 0 Å². The average molecular weight is 293 g/mol. The van der Waals surface area contributed by atoms with Crippen LogP contribution in [-0.2, 0) is 16.1 Å². The summed E-state index contributed by atoms with van der Waals surface area (Å²) in [6.07, 6.45) is -0.481. The zero-order valence-corrected chi connectivity index (χ0v) is 11.5. The number of nitrogens with two attached hydrogens (primary N) is 1. The molecule has 0 aliphatic heterocycles. The summed E-state index contributed by atoms with van der Waals surface area (Å²) in [6.45, 7) is 1.93. The Bertz CT molecular complexity index is 583. The summed E-state index contributed by atoms with van der Waals surface area (Å²) in [7, 11) is 0. The fourth-order valence-corrected chi connectivity index (χ4v) is 1.81. The summed E-state index contributed by atoms with van der Waals surface area (Å²) >= 11 is 0. The molecule has 0 fully saturated rings. The van der Waals surface area contributed by atoms with E-state index < -0.39 is 30.2 Å². The summed E-state index contributed by atoms with van der Waals surface area (Å²) in [5.41, 5.74) is 5.95. The Morgan fingerprint density at radius 3 is 2.67 bits per heavy atom. The molecule has 7 heteroatoms. The number of halogens is 1. The lowest BCUT2D eigenvalue weighted by Gasteiger charge is -2.24. The van der Waals surface area contributed by atoms with Crippen molar-refractivity contribution < 1.29 is 19.1 Å². The number of rotatable bonds is 6. The third-order valence-electron chi connectivity index (χ3n) is 2.95. The van der Waals surface area contributed by atoms with Crippen molar-refractivity contribution in [2.24, 2.45) is 5.73 Å². The third kappa shape index (κ3) is 4.54. The first kappa shape index (κ1) is 16.6. The Balaban J connectivity index is 2.85. The lowest BCUT2D eigenvalue weighted by molar-refractivity contribution is -0.142. The molecule has 1 rings (SSSR count). The Hall–Kier alpha value is -2.46. The van der Waals surface area contributed by atoms with Crippen molar-refractivity contribution in [3.63, 3.8) is 0 Å². The van der Waals surface area contributed by atoms with Gasteiger partial charge >= 0.3 is 5.97 Å². The van der Waals surface area contributed by atoms with Crippen LogP contribution in [0.2, 0.25) is 0 Å². The number of carboxylic acid groups (broad SMARTS) is 1. The van der Waals surface area contributed by atoms with Gasteiger partial charge in [-0.3, -0.25) is 9.59 Å². The highest BCUT2D eigenvalue weighted by atomic mass is 19.1. The Morgan fingerprint density at radius 2 is 2.19 bits per heavy atom. The van der Waals surface area contributed by atoms with E-state index in [1.165, 1.54) is 17.0 Å². The van der Waals surface area contributed by atoms with Crippen molar-refractivity contribution in [2.45, 2.75) is 25.9 Å². The fraction of sp³-hybridized carbons (Fsp3) is 0.357. The number of carbonyl (C=O) groups is 2. The van der Waals surface area contributed by atoms with E-state index in [4.69, 9.17) is 16.1 Å². The maximum atomic E-state index is 13.8. The van der Waals surface area contributed by atoms with E-state index in [0.29, 0.717) is 0 Å². The highest BCUT2D eigenvalue weighted by molar-refractivity contribution is 5.85. The molecule has 6 nitrogen and oxygen atoms in total. The first-order chi connectivity index (χ1) is 9.88. The van der Waals surface area contributed by atoms with E-state index in [-0.39, 0.29) is 24.2 Å². The second-order valence-corrected chi connectivity index (χ2v) is 4.47. The molecule has 0 aliphatic carbocycles. The molecule has 0 aromatic heterocycles. The van der Waals surface area contributed by atoms with Crippen molar-refractivity contribution in [3.8, 4) is 6.07 Å². The van der Waals surface area contributed by atoms with Gasteiger partial charge in [0, 0.05) is 18.7 Å². The smallest absolute Gasteiger partial charge is 0.305 e. The van der Waals surface area contributed by atoms with Gasteiger partial charge in [-0.2, -0.15) is 5.26 Å². The average Bonchev–Trinajstić information content (AvgIpc) is 2.44. The van der Waals surface area contributed by atoms with Crippen LogP contribution in [-0.4, -0.2) is 34.5 Å². The largest absolute Gasteiger partial charge is 0.481 e. The topological polar surface area (TPSA) is 107 Å². The number of aliphatic carboxylic acids is 1. The molecule has 0 bridgehead atoms. The summed E-state index contributed by atoms with van der Waals surface area (Å²) in [5, 5.41) is 17.3. The van der Waals surface area contributed by atoms with E-state index in [2.05, 4.69) is 0 Å². The minimum atomic E-state index is -1.17. The van der Waals surface area contributed by atoms with Crippen molar-refractivity contribution >= 4 is 11.9 Å². The second kappa shape index (κ2) is 7.36. The Kier molecular flexibility index (Phi) is 5.81. The number of benzene rings is 1. The maximum Gasteiger partial charge on any atom is 0.305 e. The SMILES string of the molecule is CCN(Cc1ccc(C#N)cc1F)C(=O)C(N)CC(=O)O. The van der Waals surface area contributed by atoms with Crippen LogP contribution in [0.5, 0.6) is 0 Å².